The number of benzene rings is 2. The number of carbonyl (C=O) groups is 1. The molecule has 2 aromatic carbocycles. The SMILES string of the molecule is O=C(Nc1ccc2c(c1)OCO2)C1CCN(c2cc(F)ccc2[N+](=O)[O-])CC1. The second-order valence-corrected chi connectivity index (χ2v) is 6.71. The van der Waals surface area contributed by atoms with Crippen molar-refractivity contribution in [2.75, 3.05) is 30.1 Å². The lowest BCUT2D eigenvalue weighted by molar-refractivity contribution is -0.384. The summed E-state index contributed by atoms with van der Waals surface area (Å²) in [6, 6.07) is 8.62. The predicted octanol–water partition coefficient (Wildman–Crippen LogP) is 3.32. The second kappa shape index (κ2) is 7.34. The van der Waals surface area contributed by atoms with Gasteiger partial charge in [0.1, 0.15) is 11.5 Å². The first-order valence-electron chi connectivity index (χ1n) is 8.90. The summed E-state index contributed by atoms with van der Waals surface area (Å²) >= 11 is 0. The van der Waals surface area contributed by atoms with E-state index in [0.717, 1.165) is 6.07 Å². The van der Waals surface area contributed by atoms with Gasteiger partial charge in [0.25, 0.3) is 5.69 Å². The van der Waals surface area contributed by atoms with Crippen LogP contribution in [-0.2, 0) is 4.79 Å². The zero-order valence-electron chi connectivity index (χ0n) is 14.9. The molecular weight excluding hydrogens is 369 g/mol. The molecular formula is C19H18FN3O5. The van der Waals surface area contributed by atoms with E-state index in [1.54, 1.807) is 23.1 Å². The van der Waals surface area contributed by atoms with Crippen LogP contribution in [0.25, 0.3) is 0 Å². The van der Waals surface area contributed by atoms with Gasteiger partial charge >= 0.3 is 0 Å². The molecule has 8 nitrogen and oxygen atoms in total. The summed E-state index contributed by atoms with van der Waals surface area (Å²) in [5.74, 6) is 0.360. The van der Waals surface area contributed by atoms with Gasteiger partial charge in [-0.05, 0) is 31.0 Å². The first-order chi connectivity index (χ1) is 13.5. The van der Waals surface area contributed by atoms with Gasteiger partial charge in [-0.1, -0.05) is 0 Å². The van der Waals surface area contributed by atoms with Crippen LogP contribution in [0.1, 0.15) is 12.8 Å². The maximum Gasteiger partial charge on any atom is 0.292 e. The number of piperidine rings is 1. The average Bonchev–Trinajstić information content (AvgIpc) is 3.15. The Labute approximate surface area is 160 Å². The monoisotopic (exact) mass is 387 g/mol. The van der Waals surface area contributed by atoms with E-state index in [-0.39, 0.29) is 30.0 Å². The minimum Gasteiger partial charge on any atom is -0.454 e. The molecule has 1 N–H and O–H groups in total. The van der Waals surface area contributed by atoms with Crippen LogP contribution >= 0.6 is 0 Å². The molecule has 0 atom stereocenters. The van der Waals surface area contributed by atoms with E-state index in [4.69, 9.17) is 9.47 Å². The fourth-order valence-electron chi connectivity index (χ4n) is 3.51. The minimum absolute atomic E-state index is 0.118. The molecule has 2 aliphatic rings. The number of nitrogens with one attached hydrogen (secondary N) is 1. The van der Waals surface area contributed by atoms with E-state index < -0.39 is 10.7 Å². The number of ether oxygens (including phenoxy) is 2. The van der Waals surface area contributed by atoms with Gasteiger partial charge in [-0.15, -0.1) is 0 Å². The summed E-state index contributed by atoms with van der Waals surface area (Å²) in [4.78, 5) is 25.0. The first kappa shape index (κ1) is 18.0. The van der Waals surface area contributed by atoms with Gasteiger partial charge < -0.3 is 19.7 Å². The van der Waals surface area contributed by atoms with Gasteiger partial charge in [0.05, 0.1) is 4.92 Å². The number of rotatable bonds is 4. The van der Waals surface area contributed by atoms with E-state index >= 15 is 0 Å². The third kappa shape index (κ3) is 3.55. The van der Waals surface area contributed by atoms with Gasteiger partial charge in [-0.25, -0.2) is 4.39 Å². The lowest BCUT2D eigenvalue weighted by atomic mass is 9.95. The Morgan fingerprint density at radius 1 is 1.14 bits per heavy atom. The van der Waals surface area contributed by atoms with Gasteiger partial charge in [-0.3, -0.25) is 14.9 Å². The molecule has 2 aromatic rings. The van der Waals surface area contributed by atoms with Gasteiger partial charge in [0.2, 0.25) is 12.7 Å². The normalized spacial score (nSPS) is 16.1. The number of nitro benzene ring substituents is 1. The maximum atomic E-state index is 13.6. The van der Waals surface area contributed by atoms with E-state index in [1.165, 1.54) is 12.1 Å². The van der Waals surface area contributed by atoms with Crippen molar-refractivity contribution in [3.8, 4) is 11.5 Å². The Kier molecular flexibility index (Phi) is 4.72. The van der Waals surface area contributed by atoms with Gasteiger partial charge in [0, 0.05) is 42.9 Å². The van der Waals surface area contributed by atoms with Crippen LogP contribution in [0, 0.1) is 21.8 Å². The third-order valence-corrected chi connectivity index (χ3v) is 4.98. The fraction of sp³-hybridized carbons (Fsp3) is 0.316. The van der Waals surface area contributed by atoms with Crippen molar-refractivity contribution in [2.45, 2.75) is 12.8 Å². The van der Waals surface area contributed by atoms with E-state index in [9.17, 15) is 19.3 Å². The predicted molar refractivity (Wildman–Crippen MR) is 99.2 cm³/mol. The van der Waals surface area contributed by atoms with Gasteiger partial charge in [0.15, 0.2) is 11.5 Å². The number of hydrogen-bond acceptors (Lipinski definition) is 6. The molecule has 0 unspecified atom stereocenters. The number of fused-ring (bicyclic) bond motifs is 1. The third-order valence-electron chi connectivity index (χ3n) is 4.98. The number of carbonyl (C=O) groups excluding carboxylic acids is 1. The van der Waals surface area contributed by atoms with Crippen LogP contribution in [0.4, 0.5) is 21.5 Å². The van der Waals surface area contributed by atoms with E-state index in [0.29, 0.717) is 43.1 Å². The smallest absolute Gasteiger partial charge is 0.292 e. The molecule has 146 valence electrons. The highest BCUT2D eigenvalue weighted by Crippen LogP contribution is 2.35. The van der Waals surface area contributed by atoms with E-state index in [1.807, 2.05) is 0 Å². The molecule has 0 saturated carbocycles. The number of nitro groups is 1. The molecule has 0 radical (unpaired) electrons. The molecule has 1 saturated heterocycles. The zero-order valence-corrected chi connectivity index (χ0v) is 14.9. The maximum absolute atomic E-state index is 13.6. The molecule has 9 heteroatoms. The minimum atomic E-state index is -0.525. The van der Waals surface area contributed by atoms with Crippen molar-refractivity contribution < 1.29 is 23.6 Å². The summed E-state index contributed by atoms with van der Waals surface area (Å²) in [5.41, 5.74) is 0.738. The molecule has 0 aliphatic carbocycles. The van der Waals surface area contributed by atoms with Crippen LogP contribution in [0.2, 0.25) is 0 Å². The highest BCUT2D eigenvalue weighted by atomic mass is 19.1. The molecule has 0 spiro atoms. The molecule has 4 rings (SSSR count). The summed E-state index contributed by atoms with van der Waals surface area (Å²) in [5, 5.41) is 14.1. The number of nitrogens with zero attached hydrogens (tertiary/aromatic N) is 2. The highest BCUT2D eigenvalue weighted by Gasteiger charge is 2.29. The number of amides is 1. The van der Waals surface area contributed by atoms with Crippen LogP contribution in [0.15, 0.2) is 36.4 Å². The van der Waals surface area contributed by atoms with Crippen molar-refractivity contribution in [3.63, 3.8) is 0 Å². The molecule has 0 bridgehead atoms. The number of halogens is 1. The lowest BCUT2D eigenvalue weighted by Crippen LogP contribution is -2.38. The van der Waals surface area contributed by atoms with Crippen molar-refractivity contribution in [1.82, 2.24) is 0 Å². The lowest BCUT2D eigenvalue weighted by Gasteiger charge is -2.32. The Hall–Kier alpha value is -3.36. The standard InChI is InChI=1S/C19H18FN3O5/c20-13-1-3-15(23(25)26)16(9-13)22-7-5-12(6-8-22)19(24)21-14-2-4-17-18(10-14)28-11-27-17/h1-4,9-10,12H,5-8,11H2,(H,21,24). The van der Waals surface area contributed by atoms with Crippen molar-refractivity contribution in [3.05, 3.63) is 52.3 Å². The van der Waals surface area contributed by atoms with Crippen LogP contribution in [0.5, 0.6) is 11.5 Å². The van der Waals surface area contributed by atoms with Crippen molar-refractivity contribution in [1.29, 1.82) is 0 Å². The van der Waals surface area contributed by atoms with E-state index in [2.05, 4.69) is 5.32 Å². The Morgan fingerprint density at radius 2 is 1.89 bits per heavy atom. The summed E-state index contributed by atoms with van der Waals surface area (Å²) in [7, 11) is 0. The summed E-state index contributed by atoms with van der Waals surface area (Å²) in [6.07, 6.45) is 1.04. The molecule has 28 heavy (non-hydrogen) atoms. The van der Waals surface area contributed by atoms with Crippen molar-refractivity contribution in [2.24, 2.45) is 5.92 Å². The summed E-state index contributed by atoms with van der Waals surface area (Å²) < 4.78 is 24.1. The van der Waals surface area contributed by atoms with Crippen LogP contribution < -0.4 is 19.7 Å². The Bertz CT molecular complexity index is 928. The highest BCUT2D eigenvalue weighted by molar-refractivity contribution is 5.93. The quantitative estimate of drug-likeness (QED) is 0.639. The summed E-state index contributed by atoms with van der Waals surface area (Å²) in [6.45, 7) is 1.03. The number of anilines is 2. The average molecular weight is 387 g/mol. The van der Waals surface area contributed by atoms with Crippen LogP contribution in [0.3, 0.4) is 0 Å². The second-order valence-electron chi connectivity index (χ2n) is 6.71. The molecule has 2 heterocycles. The fourth-order valence-corrected chi connectivity index (χ4v) is 3.51. The molecule has 1 amide bonds. The Balaban J connectivity index is 1.40. The molecule has 2 aliphatic heterocycles. The largest absolute Gasteiger partial charge is 0.454 e. The zero-order chi connectivity index (χ0) is 19.7. The first-order valence-corrected chi connectivity index (χ1v) is 8.90. The molecule has 0 aromatic heterocycles. The number of hydrogen-bond donors (Lipinski definition) is 1. The topological polar surface area (TPSA) is 93.9 Å². The van der Waals surface area contributed by atoms with Gasteiger partial charge in [-0.2, -0.15) is 0 Å². The Morgan fingerprint density at radius 3 is 2.64 bits per heavy atom. The van der Waals surface area contributed by atoms with Crippen molar-refractivity contribution >= 4 is 23.0 Å². The molecule has 1 fully saturated rings. The van der Waals surface area contributed by atoms with Crippen LogP contribution in [-0.4, -0.2) is 30.7 Å².